The van der Waals surface area contributed by atoms with E-state index in [2.05, 4.69) is 75.5 Å². The number of hydrogen-bond donors (Lipinski definition) is 2. The first-order chi connectivity index (χ1) is 24.8. The number of carbonyl (C=O) groups excluding carboxylic acids is 2. The van der Waals surface area contributed by atoms with Gasteiger partial charge in [-0.2, -0.15) is 0 Å². The topological polar surface area (TPSA) is 121 Å². The minimum absolute atomic E-state index is 0.0413. The van der Waals surface area contributed by atoms with Crippen molar-refractivity contribution in [2.45, 2.75) is 33.1 Å². The summed E-state index contributed by atoms with van der Waals surface area (Å²) < 4.78 is 27.8. The van der Waals surface area contributed by atoms with Gasteiger partial charge in [0.15, 0.2) is 0 Å². The molecule has 4 aromatic carbocycles. The normalized spacial score (nSPS) is 10.7. The second-order valence-corrected chi connectivity index (χ2v) is 11.7. The number of esters is 2. The highest BCUT2D eigenvalue weighted by Crippen LogP contribution is 2.35. The Kier molecular flexibility index (Phi) is 14.9. The number of aliphatic hydroxyl groups excluding tert-OH is 2. The van der Waals surface area contributed by atoms with E-state index in [1.807, 2.05) is 30.3 Å². The fourth-order valence-electron chi connectivity index (χ4n) is 5.09. The van der Waals surface area contributed by atoms with Crippen LogP contribution in [0.25, 0.3) is 33.4 Å². The van der Waals surface area contributed by atoms with Crippen molar-refractivity contribution < 1.29 is 43.5 Å². The molecule has 4 rings (SSSR count). The summed E-state index contributed by atoms with van der Waals surface area (Å²) in [6, 6.07) is 28.5. The van der Waals surface area contributed by atoms with Gasteiger partial charge in [0.2, 0.25) is 0 Å². The number of hydrogen-bond acceptors (Lipinski definition) is 9. The van der Waals surface area contributed by atoms with Crippen LogP contribution in [0.3, 0.4) is 0 Å². The van der Waals surface area contributed by atoms with Crippen molar-refractivity contribution >= 4 is 11.9 Å². The Labute approximate surface area is 299 Å². The molecule has 0 fully saturated rings. The van der Waals surface area contributed by atoms with Gasteiger partial charge in [-0.3, -0.25) is 0 Å². The van der Waals surface area contributed by atoms with Crippen LogP contribution >= 0.6 is 0 Å². The largest absolute Gasteiger partial charge is 0.494 e. The van der Waals surface area contributed by atoms with E-state index in [0.717, 1.165) is 70.6 Å². The van der Waals surface area contributed by atoms with Crippen LogP contribution in [-0.4, -0.2) is 68.4 Å². The minimum atomic E-state index is -0.693. The standard InChI is InChI=1S/C42H46O9/c1-5-7-18-47-37-15-12-33(13-16-37)32-8-10-34(11-9-32)40-17-14-35(23-31(40)6-2)36-24-38(48-19-21-50-41(45)29(3)27-43)26-39(25-36)49-20-22-51-42(46)30(4)28-44/h8-17,23-26,43-44H,3-7,18-22,27-28H2,1-2H3. The van der Waals surface area contributed by atoms with Crippen LogP contribution in [0, 0.1) is 0 Å². The van der Waals surface area contributed by atoms with E-state index in [-0.39, 0.29) is 37.6 Å². The summed E-state index contributed by atoms with van der Waals surface area (Å²) in [6.45, 7) is 11.0. The summed E-state index contributed by atoms with van der Waals surface area (Å²) in [5.74, 6) is 0.444. The Hall–Kier alpha value is -5.38. The van der Waals surface area contributed by atoms with Gasteiger partial charge in [-0.1, -0.05) is 88.0 Å². The Morgan fingerprint density at radius 2 is 1.04 bits per heavy atom. The van der Waals surface area contributed by atoms with Gasteiger partial charge in [-0.25, -0.2) is 9.59 Å². The predicted molar refractivity (Wildman–Crippen MR) is 198 cm³/mol. The van der Waals surface area contributed by atoms with Crippen molar-refractivity contribution in [3.05, 3.63) is 115 Å². The SMILES string of the molecule is C=C(CO)C(=O)OCCOc1cc(OCCOC(=O)C(=C)CO)cc(-c2ccc(-c3ccc(-c4ccc(OCCCC)cc4)cc3)c(CC)c2)c1. The third-order valence-electron chi connectivity index (χ3n) is 7.98. The van der Waals surface area contributed by atoms with Crippen LogP contribution in [0.4, 0.5) is 0 Å². The third kappa shape index (κ3) is 11.3. The van der Waals surface area contributed by atoms with Crippen LogP contribution in [0.1, 0.15) is 32.3 Å². The molecule has 0 amide bonds. The Bertz CT molecular complexity index is 1720. The highest BCUT2D eigenvalue weighted by molar-refractivity contribution is 5.88. The summed E-state index contributed by atoms with van der Waals surface area (Å²) in [5, 5.41) is 18.2. The summed E-state index contributed by atoms with van der Waals surface area (Å²) in [6.07, 6.45) is 2.94. The number of ether oxygens (including phenoxy) is 5. The van der Waals surface area contributed by atoms with Gasteiger partial charge in [-0.05, 0) is 76.1 Å². The summed E-state index contributed by atoms with van der Waals surface area (Å²) in [5.41, 5.74) is 7.35. The molecule has 51 heavy (non-hydrogen) atoms. The van der Waals surface area contributed by atoms with E-state index in [1.54, 1.807) is 6.07 Å². The molecule has 2 N–H and O–H groups in total. The average molecular weight is 695 g/mol. The van der Waals surface area contributed by atoms with Crippen LogP contribution in [0.2, 0.25) is 0 Å². The quantitative estimate of drug-likeness (QED) is 0.0555. The number of benzene rings is 4. The lowest BCUT2D eigenvalue weighted by Gasteiger charge is -2.15. The van der Waals surface area contributed by atoms with E-state index in [0.29, 0.717) is 11.5 Å². The van der Waals surface area contributed by atoms with E-state index >= 15 is 0 Å². The molecule has 0 aromatic heterocycles. The number of carbonyl (C=O) groups is 2. The van der Waals surface area contributed by atoms with Crippen LogP contribution < -0.4 is 14.2 Å². The molecular weight excluding hydrogens is 648 g/mol. The number of aryl methyl sites for hydroxylation is 1. The van der Waals surface area contributed by atoms with Crippen molar-refractivity contribution in [1.82, 2.24) is 0 Å². The molecule has 0 saturated carbocycles. The number of rotatable bonds is 20. The lowest BCUT2D eigenvalue weighted by molar-refractivity contribution is -0.141. The fourth-order valence-corrected chi connectivity index (χ4v) is 5.09. The highest BCUT2D eigenvalue weighted by atomic mass is 16.6. The maximum atomic E-state index is 11.8. The maximum absolute atomic E-state index is 11.8. The number of aliphatic hydroxyl groups is 2. The first kappa shape index (κ1) is 38.4. The Morgan fingerprint density at radius 1 is 0.549 bits per heavy atom. The summed E-state index contributed by atoms with van der Waals surface area (Å²) in [4.78, 5) is 23.7. The number of unbranched alkanes of at least 4 members (excludes halogenated alkanes) is 1. The highest BCUT2D eigenvalue weighted by Gasteiger charge is 2.13. The molecule has 0 aliphatic carbocycles. The molecule has 0 spiro atoms. The molecule has 0 aliphatic heterocycles. The zero-order valence-electron chi connectivity index (χ0n) is 29.3. The second kappa shape index (κ2) is 19.7. The monoisotopic (exact) mass is 694 g/mol. The molecule has 0 heterocycles. The second-order valence-electron chi connectivity index (χ2n) is 11.7. The Balaban J connectivity index is 1.52. The molecule has 268 valence electrons. The van der Waals surface area contributed by atoms with Crippen molar-refractivity contribution in [2.75, 3.05) is 46.2 Å². The van der Waals surface area contributed by atoms with Gasteiger partial charge in [0.05, 0.1) is 31.0 Å². The molecule has 0 bridgehead atoms. The fraction of sp³-hybridized carbons (Fsp3) is 0.286. The van der Waals surface area contributed by atoms with Gasteiger partial charge in [-0.15, -0.1) is 0 Å². The first-order valence-electron chi connectivity index (χ1n) is 17.0. The molecule has 0 radical (unpaired) electrons. The maximum Gasteiger partial charge on any atom is 0.335 e. The molecule has 0 atom stereocenters. The predicted octanol–water partition coefficient (Wildman–Crippen LogP) is 7.37. The van der Waals surface area contributed by atoms with Gasteiger partial charge >= 0.3 is 11.9 Å². The van der Waals surface area contributed by atoms with Gasteiger partial charge in [0, 0.05) is 6.07 Å². The lowest BCUT2D eigenvalue weighted by Crippen LogP contribution is -2.15. The van der Waals surface area contributed by atoms with E-state index < -0.39 is 25.2 Å². The molecule has 0 aliphatic rings. The smallest absolute Gasteiger partial charge is 0.335 e. The molecule has 4 aromatic rings. The van der Waals surface area contributed by atoms with Crippen LogP contribution in [-0.2, 0) is 25.5 Å². The Morgan fingerprint density at radius 3 is 1.55 bits per heavy atom. The van der Waals surface area contributed by atoms with Crippen LogP contribution in [0.5, 0.6) is 17.2 Å². The molecule has 9 nitrogen and oxygen atoms in total. The van der Waals surface area contributed by atoms with E-state index in [9.17, 15) is 9.59 Å². The molecule has 0 saturated heterocycles. The molecular formula is C42H46O9. The van der Waals surface area contributed by atoms with Crippen molar-refractivity contribution in [3.63, 3.8) is 0 Å². The molecule has 9 heteroatoms. The van der Waals surface area contributed by atoms with Crippen molar-refractivity contribution in [3.8, 4) is 50.6 Å². The van der Waals surface area contributed by atoms with Gasteiger partial charge in [0.1, 0.15) is 43.7 Å². The zero-order valence-corrected chi connectivity index (χ0v) is 29.3. The minimum Gasteiger partial charge on any atom is -0.494 e. The van der Waals surface area contributed by atoms with E-state index in [4.69, 9.17) is 33.9 Å². The third-order valence-corrected chi connectivity index (χ3v) is 7.98. The zero-order chi connectivity index (χ0) is 36.6. The van der Waals surface area contributed by atoms with Crippen LogP contribution in [0.15, 0.2) is 109 Å². The van der Waals surface area contributed by atoms with E-state index in [1.165, 1.54) is 0 Å². The summed E-state index contributed by atoms with van der Waals surface area (Å²) >= 11 is 0. The van der Waals surface area contributed by atoms with Crippen molar-refractivity contribution in [1.29, 1.82) is 0 Å². The van der Waals surface area contributed by atoms with Crippen molar-refractivity contribution in [2.24, 2.45) is 0 Å². The van der Waals surface area contributed by atoms with Gasteiger partial charge in [0.25, 0.3) is 0 Å². The van der Waals surface area contributed by atoms with Gasteiger partial charge < -0.3 is 33.9 Å². The average Bonchev–Trinajstić information content (AvgIpc) is 3.17. The lowest BCUT2D eigenvalue weighted by atomic mass is 9.92. The molecule has 0 unspecified atom stereocenters. The first-order valence-corrected chi connectivity index (χ1v) is 17.0. The summed E-state index contributed by atoms with van der Waals surface area (Å²) in [7, 11) is 0.